The molecule has 5 atom stereocenters. The van der Waals surface area contributed by atoms with Crippen molar-refractivity contribution in [3.63, 3.8) is 0 Å². The van der Waals surface area contributed by atoms with Crippen molar-refractivity contribution < 1.29 is 10.2 Å². The van der Waals surface area contributed by atoms with E-state index in [2.05, 4.69) is 37.3 Å². The molecule has 3 aliphatic rings. The molecule has 0 saturated heterocycles. The van der Waals surface area contributed by atoms with E-state index in [0.29, 0.717) is 38.5 Å². The van der Waals surface area contributed by atoms with Gasteiger partial charge in [-0.05, 0) is 0 Å². The van der Waals surface area contributed by atoms with E-state index in [1.54, 1.807) is 5.56 Å². The molecule has 2 aromatic carbocycles. The number of rotatable bonds is 3. The van der Waals surface area contributed by atoms with Crippen molar-refractivity contribution in [3.8, 4) is 5.75 Å². The van der Waals surface area contributed by atoms with Crippen molar-refractivity contribution in [2.24, 2.45) is 17.3 Å². The zero-order chi connectivity index (χ0) is 19.3. The molecule has 2 saturated carbocycles. The topological polar surface area (TPSA) is 40.5 Å². The first-order chi connectivity index (χ1) is 13.6. The molecule has 0 amide bonds. The fraction of sp³-hybridized carbons (Fsp3) is 0.520. The van der Waals surface area contributed by atoms with Gasteiger partial charge in [-0.3, -0.25) is 0 Å². The second-order valence-corrected chi connectivity index (χ2v) is 11.5. The van der Waals surface area contributed by atoms with Crippen LogP contribution in [0.3, 0.4) is 0 Å². The third kappa shape index (κ3) is 3.03. The van der Waals surface area contributed by atoms with Crippen molar-refractivity contribution in [2.75, 3.05) is 0 Å². The van der Waals surface area contributed by atoms with E-state index in [1.165, 1.54) is 34.9 Å². The van der Waals surface area contributed by atoms with Crippen LogP contribution in [0.1, 0.15) is 61.6 Å². The van der Waals surface area contributed by atoms with Crippen LogP contribution in [-0.4, -0.2) is 31.3 Å². The summed E-state index contributed by atoms with van der Waals surface area (Å²) >= 11 is 0.391. The Morgan fingerprint density at radius 1 is 1.07 bits per heavy atom. The molecule has 0 bridgehead atoms. The molecule has 0 aromatic heterocycles. The fourth-order valence-electron chi connectivity index (χ4n) is 6.58. The predicted molar refractivity (Wildman–Crippen MR) is 114 cm³/mol. The maximum absolute atomic E-state index is 10.6. The molecule has 2 nitrogen and oxygen atoms in total. The Morgan fingerprint density at radius 2 is 1.89 bits per heavy atom. The van der Waals surface area contributed by atoms with Crippen LogP contribution < -0.4 is 4.46 Å². The van der Waals surface area contributed by atoms with Gasteiger partial charge in [0.1, 0.15) is 0 Å². The number of aromatic hydroxyl groups is 1. The van der Waals surface area contributed by atoms with Crippen LogP contribution in [0, 0.1) is 17.3 Å². The van der Waals surface area contributed by atoms with Crippen molar-refractivity contribution >= 4 is 19.4 Å². The molecule has 0 unspecified atom stereocenters. The van der Waals surface area contributed by atoms with Gasteiger partial charge >= 0.3 is 175 Å². The average Bonchev–Trinajstić information content (AvgIpc) is 3.01. The number of benzene rings is 2. The number of aryl methyl sites for hydroxylation is 1. The number of aliphatic hydroxyl groups excluding tert-OH is 1. The SMILES string of the molecule is C[C@]12CC[C@@H]3c4c(cc(O)cc4C[Se]c4ccccc4)CC[C@H]3[C@@H]1CC[C@@H]2O. The molecule has 0 radical (unpaired) electrons. The van der Waals surface area contributed by atoms with E-state index >= 15 is 0 Å². The first-order valence-electron chi connectivity index (χ1n) is 10.8. The third-order valence-electron chi connectivity index (χ3n) is 7.98. The second kappa shape index (κ2) is 7.20. The number of hydrogen-bond acceptors (Lipinski definition) is 2. The van der Waals surface area contributed by atoms with Gasteiger partial charge in [0.15, 0.2) is 0 Å². The van der Waals surface area contributed by atoms with Crippen LogP contribution in [0.15, 0.2) is 42.5 Å². The van der Waals surface area contributed by atoms with E-state index < -0.39 is 0 Å². The Morgan fingerprint density at radius 3 is 2.71 bits per heavy atom. The van der Waals surface area contributed by atoms with Gasteiger partial charge in [0.2, 0.25) is 0 Å². The van der Waals surface area contributed by atoms with Crippen LogP contribution in [0.4, 0.5) is 0 Å². The summed E-state index contributed by atoms with van der Waals surface area (Å²) < 4.78 is 1.43. The molecular weight excluding hydrogens is 411 g/mol. The van der Waals surface area contributed by atoms with Gasteiger partial charge in [-0.2, -0.15) is 0 Å². The number of hydrogen-bond donors (Lipinski definition) is 2. The summed E-state index contributed by atoms with van der Waals surface area (Å²) in [6.07, 6.45) is 6.70. The van der Waals surface area contributed by atoms with Gasteiger partial charge in [-0.1, -0.05) is 0 Å². The summed E-state index contributed by atoms with van der Waals surface area (Å²) in [6, 6.07) is 14.9. The first-order valence-corrected chi connectivity index (χ1v) is 12.8. The predicted octanol–water partition coefficient (Wildman–Crippen LogP) is 4.14. The quantitative estimate of drug-likeness (QED) is 0.703. The van der Waals surface area contributed by atoms with Crippen LogP contribution in [0.2, 0.25) is 0 Å². The van der Waals surface area contributed by atoms with Crippen LogP contribution in [0.5, 0.6) is 5.75 Å². The van der Waals surface area contributed by atoms with E-state index in [1.807, 2.05) is 12.1 Å². The maximum atomic E-state index is 10.6. The molecule has 5 rings (SSSR count). The molecule has 0 spiro atoms. The minimum atomic E-state index is -0.111. The summed E-state index contributed by atoms with van der Waals surface area (Å²) in [6.45, 7) is 2.34. The molecule has 3 aliphatic carbocycles. The normalized spacial score (nSPS) is 33.8. The van der Waals surface area contributed by atoms with Crippen molar-refractivity contribution in [1.29, 1.82) is 0 Å². The summed E-state index contributed by atoms with van der Waals surface area (Å²) in [5, 5.41) is 22.1. The number of phenols is 1. The summed E-state index contributed by atoms with van der Waals surface area (Å²) in [7, 11) is 0. The van der Waals surface area contributed by atoms with E-state index in [9.17, 15) is 10.2 Å². The van der Waals surface area contributed by atoms with Gasteiger partial charge in [0, 0.05) is 0 Å². The number of phenolic OH excluding ortho intramolecular Hbond substituents is 1. The van der Waals surface area contributed by atoms with Crippen LogP contribution in [-0.2, 0) is 11.7 Å². The Hall–Kier alpha value is -1.28. The standard InChI is InChI=1S/C25H30O2Se/c1-25-12-11-21-20(22(25)9-10-23(25)27)8-7-16-13-18(26)14-17(24(16)21)15-28-19-5-3-2-4-6-19/h2-6,13-14,20-23,26-27H,7-12,15H2,1H3/t20-,21+,22+,23+,25+/m1/s1. The molecule has 2 aromatic rings. The minimum absolute atomic E-state index is 0.111. The third-order valence-corrected chi connectivity index (χ3v) is 10.2. The van der Waals surface area contributed by atoms with Crippen LogP contribution >= 0.6 is 0 Å². The molecular formula is C25H30O2Se. The Balaban J connectivity index is 1.47. The first kappa shape index (κ1) is 18.7. The molecule has 0 aliphatic heterocycles. The van der Waals surface area contributed by atoms with Crippen molar-refractivity contribution in [1.82, 2.24) is 0 Å². The molecule has 3 heteroatoms. The molecule has 28 heavy (non-hydrogen) atoms. The number of fused-ring (bicyclic) bond motifs is 5. The van der Waals surface area contributed by atoms with Crippen molar-refractivity contribution in [2.45, 2.75) is 62.8 Å². The zero-order valence-corrected chi connectivity index (χ0v) is 18.3. The average molecular weight is 441 g/mol. The van der Waals surface area contributed by atoms with Gasteiger partial charge in [0.25, 0.3) is 0 Å². The molecule has 148 valence electrons. The Kier molecular flexibility index (Phi) is 4.82. The second-order valence-electron chi connectivity index (χ2n) is 9.33. The summed E-state index contributed by atoms with van der Waals surface area (Å²) in [5.41, 5.74) is 4.47. The summed E-state index contributed by atoms with van der Waals surface area (Å²) in [4.78, 5) is 0. The molecule has 2 fully saturated rings. The zero-order valence-electron chi connectivity index (χ0n) is 16.6. The van der Waals surface area contributed by atoms with Crippen molar-refractivity contribution in [3.05, 3.63) is 59.2 Å². The van der Waals surface area contributed by atoms with E-state index in [-0.39, 0.29) is 11.5 Å². The van der Waals surface area contributed by atoms with Gasteiger partial charge in [-0.15, -0.1) is 0 Å². The number of aliphatic hydroxyl groups is 1. The monoisotopic (exact) mass is 442 g/mol. The molecule has 2 N–H and O–H groups in total. The molecule has 0 heterocycles. The fourth-order valence-corrected chi connectivity index (χ4v) is 8.49. The van der Waals surface area contributed by atoms with E-state index in [4.69, 9.17) is 0 Å². The Bertz CT molecular complexity index is 864. The summed E-state index contributed by atoms with van der Waals surface area (Å²) in [5.74, 6) is 2.42. The van der Waals surface area contributed by atoms with Gasteiger partial charge < -0.3 is 0 Å². The van der Waals surface area contributed by atoms with Crippen LogP contribution in [0.25, 0.3) is 0 Å². The Labute approximate surface area is 174 Å². The van der Waals surface area contributed by atoms with Gasteiger partial charge in [0.05, 0.1) is 0 Å². The van der Waals surface area contributed by atoms with Gasteiger partial charge in [-0.25, -0.2) is 0 Å². The van der Waals surface area contributed by atoms with E-state index in [0.717, 1.165) is 24.6 Å².